The molecule has 0 fully saturated rings. The smallest absolute Gasteiger partial charge is 0.422 e. The van der Waals surface area contributed by atoms with Crippen molar-refractivity contribution in [1.82, 2.24) is 0 Å². The standard InChI is InChI=1S/C15H13F3N2OS/c16-15(17,18)10-21-12-5-3-11(4-6-12)14(7-8-19-20-14)13-2-1-9-22-13/h1-6,9H,7-8,10H2. The van der Waals surface area contributed by atoms with E-state index in [-0.39, 0.29) is 5.75 Å². The van der Waals surface area contributed by atoms with Crippen LogP contribution in [0.5, 0.6) is 5.75 Å². The van der Waals surface area contributed by atoms with Crippen LogP contribution >= 0.6 is 11.3 Å². The third kappa shape index (κ3) is 2.99. The molecule has 0 saturated heterocycles. The summed E-state index contributed by atoms with van der Waals surface area (Å²) in [5.74, 6) is 0.192. The molecule has 116 valence electrons. The van der Waals surface area contributed by atoms with Crippen LogP contribution in [0.25, 0.3) is 0 Å². The molecule has 1 aromatic heterocycles. The van der Waals surface area contributed by atoms with Gasteiger partial charge in [0.1, 0.15) is 11.3 Å². The summed E-state index contributed by atoms with van der Waals surface area (Å²) in [4.78, 5) is 1.08. The van der Waals surface area contributed by atoms with E-state index in [2.05, 4.69) is 10.2 Å². The number of halogens is 3. The highest BCUT2D eigenvalue weighted by atomic mass is 32.1. The molecule has 0 spiro atoms. The van der Waals surface area contributed by atoms with Crippen molar-refractivity contribution in [3.8, 4) is 5.75 Å². The number of hydrogen-bond acceptors (Lipinski definition) is 4. The first-order valence-electron chi connectivity index (χ1n) is 6.72. The van der Waals surface area contributed by atoms with Gasteiger partial charge in [0, 0.05) is 11.3 Å². The molecule has 1 atom stereocenters. The van der Waals surface area contributed by atoms with Crippen LogP contribution in [0, 0.1) is 0 Å². The maximum atomic E-state index is 12.2. The van der Waals surface area contributed by atoms with E-state index in [0.29, 0.717) is 6.54 Å². The van der Waals surface area contributed by atoms with Gasteiger partial charge in [-0.1, -0.05) is 18.2 Å². The molecule has 0 N–H and O–H groups in total. The van der Waals surface area contributed by atoms with Crippen molar-refractivity contribution in [2.75, 3.05) is 13.2 Å². The molecule has 7 heteroatoms. The quantitative estimate of drug-likeness (QED) is 0.795. The minimum absolute atomic E-state index is 0.192. The minimum atomic E-state index is -4.34. The van der Waals surface area contributed by atoms with Gasteiger partial charge >= 0.3 is 6.18 Å². The van der Waals surface area contributed by atoms with Crippen molar-refractivity contribution in [2.45, 2.75) is 18.1 Å². The number of ether oxygens (including phenoxy) is 1. The monoisotopic (exact) mass is 326 g/mol. The summed E-state index contributed by atoms with van der Waals surface area (Å²) in [5, 5.41) is 10.5. The molecular formula is C15H13F3N2OS. The lowest BCUT2D eigenvalue weighted by Crippen LogP contribution is -2.22. The van der Waals surface area contributed by atoms with E-state index in [1.54, 1.807) is 35.6 Å². The predicted molar refractivity (Wildman–Crippen MR) is 77.4 cm³/mol. The molecule has 0 aliphatic carbocycles. The van der Waals surface area contributed by atoms with Crippen LogP contribution < -0.4 is 4.74 Å². The number of hydrogen-bond donors (Lipinski definition) is 0. The van der Waals surface area contributed by atoms with Crippen molar-refractivity contribution >= 4 is 11.3 Å². The van der Waals surface area contributed by atoms with E-state index in [9.17, 15) is 13.2 Å². The molecule has 0 saturated carbocycles. The van der Waals surface area contributed by atoms with E-state index in [1.807, 2.05) is 17.5 Å². The number of nitrogens with zero attached hydrogens (tertiary/aromatic N) is 2. The lowest BCUT2D eigenvalue weighted by molar-refractivity contribution is -0.153. The normalized spacial score (nSPS) is 21.2. The molecule has 0 amide bonds. The minimum Gasteiger partial charge on any atom is -0.484 e. The molecule has 2 heterocycles. The van der Waals surface area contributed by atoms with E-state index in [1.165, 1.54) is 0 Å². The van der Waals surface area contributed by atoms with Crippen molar-refractivity contribution in [3.05, 3.63) is 52.2 Å². The third-order valence-electron chi connectivity index (χ3n) is 3.48. The van der Waals surface area contributed by atoms with Gasteiger partial charge in [0.15, 0.2) is 6.61 Å². The SMILES string of the molecule is FC(F)(F)COc1ccc(C2(c3cccs3)CCN=N2)cc1. The molecular weight excluding hydrogens is 313 g/mol. The maximum Gasteiger partial charge on any atom is 0.422 e. The first kappa shape index (κ1) is 15.0. The second kappa shape index (κ2) is 5.72. The number of rotatable bonds is 4. The van der Waals surface area contributed by atoms with Gasteiger partial charge in [-0.2, -0.15) is 23.4 Å². The predicted octanol–water partition coefficient (Wildman–Crippen LogP) is 4.79. The molecule has 1 aliphatic heterocycles. The summed E-state index contributed by atoms with van der Waals surface area (Å²) in [5.41, 5.74) is 0.395. The Morgan fingerprint density at radius 2 is 1.95 bits per heavy atom. The largest absolute Gasteiger partial charge is 0.484 e. The lowest BCUT2D eigenvalue weighted by Gasteiger charge is -2.24. The molecule has 2 aromatic rings. The Morgan fingerprint density at radius 3 is 2.50 bits per heavy atom. The topological polar surface area (TPSA) is 34.0 Å². The highest BCUT2D eigenvalue weighted by Crippen LogP contribution is 2.43. The Hall–Kier alpha value is -1.89. The van der Waals surface area contributed by atoms with Gasteiger partial charge in [-0.25, -0.2) is 0 Å². The van der Waals surface area contributed by atoms with Crippen LogP contribution in [0.2, 0.25) is 0 Å². The molecule has 1 aliphatic rings. The Labute approximate surface area is 129 Å². The number of azo groups is 1. The second-order valence-electron chi connectivity index (χ2n) is 4.98. The highest BCUT2D eigenvalue weighted by Gasteiger charge is 2.38. The number of alkyl halides is 3. The summed E-state index contributed by atoms with van der Waals surface area (Å²) in [6, 6.07) is 10.6. The van der Waals surface area contributed by atoms with Gasteiger partial charge in [-0.05, 0) is 29.1 Å². The summed E-state index contributed by atoms with van der Waals surface area (Å²) in [6.45, 7) is -0.646. The second-order valence-corrected chi connectivity index (χ2v) is 5.93. The Kier molecular flexibility index (Phi) is 3.90. The molecule has 22 heavy (non-hydrogen) atoms. The van der Waals surface area contributed by atoms with Crippen LogP contribution in [0.15, 0.2) is 52.0 Å². The first-order chi connectivity index (χ1) is 10.5. The van der Waals surface area contributed by atoms with Crippen molar-refractivity contribution in [3.63, 3.8) is 0 Å². The van der Waals surface area contributed by atoms with E-state index < -0.39 is 18.3 Å². The average molecular weight is 326 g/mol. The summed E-state index contributed by atoms with van der Waals surface area (Å²) in [7, 11) is 0. The molecule has 1 unspecified atom stereocenters. The Morgan fingerprint density at radius 1 is 1.18 bits per heavy atom. The summed E-state index contributed by atoms with van der Waals surface area (Å²) >= 11 is 1.60. The van der Waals surface area contributed by atoms with Gasteiger partial charge in [0.2, 0.25) is 0 Å². The molecule has 0 radical (unpaired) electrons. The fraction of sp³-hybridized carbons (Fsp3) is 0.333. The lowest BCUT2D eigenvalue weighted by atomic mass is 9.87. The van der Waals surface area contributed by atoms with E-state index in [4.69, 9.17) is 4.74 Å². The number of benzene rings is 1. The van der Waals surface area contributed by atoms with Crippen molar-refractivity contribution in [2.24, 2.45) is 10.2 Å². The Bertz CT molecular complexity index is 652. The van der Waals surface area contributed by atoms with Gasteiger partial charge in [0.25, 0.3) is 0 Å². The molecule has 3 nitrogen and oxygen atoms in total. The average Bonchev–Trinajstić information content (AvgIpc) is 3.16. The third-order valence-corrected chi connectivity index (χ3v) is 4.50. The van der Waals surface area contributed by atoms with Gasteiger partial charge < -0.3 is 4.74 Å². The van der Waals surface area contributed by atoms with Gasteiger partial charge in [-0.3, -0.25) is 0 Å². The van der Waals surface area contributed by atoms with Crippen LogP contribution in [-0.2, 0) is 5.54 Å². The Balaban J connectivity index is 1.84. The van der Waals surface area contributed by atoms with Crippen molar-refractivity contribution < 1.29 is 17.9 Å². The zero-order valence-electron chi connectivity index (χ0n) is 11.5. The molecule has 1 aromatic carbocycles. The van der Waals surface area contributed by atoms with Crippen molar-refractivity contribution in [1.29, 1.82) is 0 Å². The molecule has 0 bridgehead atoms. The van der Waals surface area contributed by atoms with E-state index in [0.717, 1.165) is 16.9 Å². The van der Waals surface area contributed by atoms with Gasteiger partial charge in [0.05, 0.1) is 6.54 Å². The summed E-state index contributed by atoms with van der Waals surface area (Å²) < 4.78 is 41.2. The van der Waals surface area contributed by atoms with Gasteiger partial charge in [-0.15, -0.1) is 11.3 Å². The zero-order chi connectivity index (χ0) is 15.6. The summed E-state index contributed by atoms with van der Waals surface area (Å²) in [6.07, 6.45) is -3.58. The zero-order valence-corrected chi connectivity index (χ0v) is 12.3. The number of thiophene rings is 1. The van der Waals surface area contributed by atoms with Crippen LogP contribution in [0.3, 0.4) is 0 Å². The highest BCUT2D eigenvalue weighted by molar-refractivity contribution is 7.10. The van der Waals surface area contributed by atoms with Crippen LogP contribution in [0.4, 0.5) is 13.2 Å². The van der Waals surface area contributed by atoms with Crippen LogP contribution in [-0.4, -0.2) is 19.3 Å². The maximum absolute atomic E-state index is 12.2. The molecule has 3 rings (SSSR count). The first-order valence-corrected chi connectivity index (χ1v) is 7.60. The fourth-order valence-electron chi connectivity index (χ4n) is 2.46. The van der Waals surface area contributed by atoms with E-state index >= 15 is 0 Å². The fourth-order valence-corrected chi connectivity index (χ4v) is 3.37. The van der Waals surface area contributed by atoms with Crippen LogP contribution in [0.1, 0.15) is 16.9 Å².